The lowest BCUT2D eigenvalue weighted by Crippen LogP contribution is -2.42. The number of nitrogens with one attached hydrogen (secondary N) is 1. The molecular formula is C13H19BrN2O4. The maximum atomic E-state index is 11.1. The van der Waals surface area contributed by atoms with Crippen LogP contribution in [-0.4, -0.2) is 35.3 Å². The Kier molecular flexibility index (Phi) is 5.91. The molecule has 1 aromatic rings. The van der Waals surface area contributed by atoms with Crippen molar-refractivity contribution in [1.29, 1.82) is 0 Å². The van der Waals surface area contributed by atoms with Crippen molar-refractivity contribution in [3.63, 3.8) is 0 Å². The maximum absolute atomic E-state index is 11.1. The van der Waals surface area contributed by atoms with Gasteiger partial charge in [0.15, 0.2) is 5.75 Å². The molecule has 0 aliphatic carbocycles. The first-order valence-electron chi connectivity index (χ1n) is 6.27. The standard InChI is InChI=1S/C13H19BrN2O4/c1-4-15-7-13(3,17)8-20-12-9(2)5-10(14)6-11(12)16(18)19/h5-6,15,17H,4,7-8H2,1-3H3. The summed E-state index contributed by atoms with van der Waals surface area (Å²) in [4.78, 5) is 10.6. The minimum Gasteiger partial charge on any atom is -0.484 e. The van der Waals surface area contributed by atoms with Crippen LogP contribution in [0.2, 0.25) is 0 Å². The van der Waals surface area contributed by atoms with E-state index < -0.39 is 10.5 Å². The zero-order valence-electron chi connectivity index (χ0n) is 11.8. The molecule has 0 bridgehead atoms. The molecule has 0 radical (unpaired) electrons. The van der Waals surface area contributed by atoms with Crippen molar-refractivity contribution in [3.8, 4) is 5.75 Å². The molecule has 6 nitrogen and oxygen atoms in total. The van der Waals surface area contributed by atoms with Crippen LogP contribution in [0.15, 0.2) is 16.6 Å². The Morgan fingerprint density at radius 2 is 2.20 bits per heavy atom. The van der Waals surface area contributed by atoms with E-state index >= 15 is 0 Å². The molecule has 0 fully saturated rings. The third-order valence-corrected chi connectivity index (χ3v) is 3.16. The number of nitro groups is 1. The predicted molar refractivity (Wildman–Crippen MR) is 80.2 cm³/mol. The Morgan fingerprint density at radius 3 is 2.75 bits per heavy atom. The Morgan fingerprint density at radius 1 is 1.55 bits per heavy atom. The minimum atomic E-state index is -1.09. The SMILES string of the molecule is CCNCC(C)(O)COc1c(C)cc(Br)cc1[N+](=O)[O-]. The number of aliphatic hydroxyl groups is 1. The highest BCUT2D eigenvalue weighted by Crippen LogP contribution is 2.34. The van der Waals surface area contributed by atoms with E-state index in [1.54, 1.807) is 19.9 Å². The third-order valence-electron chi connectivity index (χ3n) is 2.70. The summed E-state index contributed by atoms with van der Waals surface area (Å²) in [7, 11) is 0. The number of nitro benzene ring substituents is 1. The van der Waals surface area contributed by atoms with Gasteiger partial charge in [-0.15, -0.1) is 0 Å². The van der Waals surface area contributed by atoms with Crippen molar-refractivity contribution in [2.45, 2.75) is 26.4 Å². The number of ether oxygens (including phenoxy) is 1. The Bertz CT molecular complexity index is 492. The van der Waals surface area contributed by atoms with Crippen LogP contribution in [0.3, 0.4) is 0 Å². The first-order chi connectivity index (χ1) is 9.26. The second kappa shape index (κ2) is 7.01. The van der Waals surface area contributed by atoms with Crippen molar-refractivity contribution < 1.29 is 14.8 Å². The zero-order valence-corrected chi connectivity index (χ0v) is 13.4. The van der Waals surface area contributed by atoms with Crippen LogP contribution in [0.1, 0.15) is 19.4 Å². The van der Waals surface area contributed by atoms with E-state index in [4.69, 9.17) is 4.74 Å². The number of nitrogens with zero attached hydrogens (tertiary/aromatic N) is 1. The summed E-state index contributed by atoms with van der Waals surface area (Å²) in [5, 5.41) is 24.2. The van der Waals surface area contributed by atoms with Crippen LogP contribution in [0.25, 0.3) is 0 Å². The van der Waals surface area contributed by atoms with Gasteiger partial charge in [-0.3, -0.25) is 10.1 Å². The van der Waals surface area contributed by atoms with Crippen LogP contribution in [0.5, 0.6) is 5.75 Å². The molecule has 0 saturated carbocycles. The van der Waals surface area contributed by atoms with E-state index in [9.17, 15) is 15.2 Å². The zero-order chi connectivity index (χ0) is 15.3. The molecule has 1 aromatic carbocycles. The average molecular weight is 347 g/mol. The van der Waals surface area contributed by atoms with Crippen molar-refractivity contribution in [2.24, 2.45) is 0 Å². The lowest BCUT2D eigenvalue weighted by molar-refractivity contribution is -0.386. The molecule has 0 aliphatic rings. The molecule has 0 aliphatic heterocycles. The van der Waals surface area contributed by atoms with E-state index in [-0.39, 0.29) is 18.0 Å². The normalized spacial score (nSPS) is 13.8. The summed E-state index contributed by atoms with van der Waals surface area (Å²) in [6.45, 7) is 6.34. The highest BCUT2D eigenvalue weighted by molar-refractivity contribution is 9.10. The molecule has 7 heteroatoms. The van der Waals surface area contributed by atoms with Crippen LogP contribution < -0.4 is 10.1 Å². The molecule has 2 N–H and O–H groups in total. The number of likely N-dealkylation sites (N-methyl/N-ethyl adjacent to an activating group) is 1. The summed E-state index contributed by atoms with van der Waals surface area (Å²) >= 11 is 3.22. The molecule has 112 valence electrons. The fourth-order valence-electron chi connectivity index (χ4n) is 1.71. The summed E-state index contributed by atoms with van der Waals surface area (Å²) in [6, 6.07) is 3.13. The number of halogens is 1. The van der Waals surface area contributed by atoms with Crippen LogP contribution in [-0.2, 0) is 0 Å². The largest absolute Gasteiger partial charge is 0.484 e. The van der Waals surface area contributed by atoms with Gasteiger partial charge < -0.3 is 15.2 Å². The molecule has 1 unspecified atom stereocenters. The molecule has 1 rings (SSSR count). The topological polar surface area (TPSA) is 84.6 Å². The average Bonchev–Trinajstić information content (AvgIpc) is 2.34. The molecule has 0 spiro atoms. The molecule has 0 aromatic heterocycles. The molecular weight excluding hydrogens is 328 g/mol. The van der Waals surface area contributed by atoms with E-state index in [0.29, 0.717) is 16.6 Å². The van der Waals surface area contributed by atoms with E-state index in [2.05, 4.69) is 21.2 Å². The van der Waals surface area contributed by atoms with Gasteiger partial charge in [0.05, 0.1) is 4.92 Å². The van der Waals surface area contributed by atoms with Crippen LogP contribution in [0.4, 0.5) is 5.69 Å². The number of rotatable bonds is 7. The Hall–Kier alpha value is -1.18. The fourth-order valence-corrected chi connectivity index (χ4v) is 2.27. The van der Waals surface area contributed by atoms with Gasteiger partial charge in [-0.05, 0) is 32.0 Å². The lowest BCUT2D eigenvalue weighted by Gasteiger charge is -2.24. The van der Waals surface area contributed by atoms with E-state index in [1.807, 2.05) is 6.92 Å². The first kappa shape index (κ1) is 16.9. The second-order valence-electron chi connectivity index (χ2n) is 4.89. The minimum absolute atomic E-state index is 0.0245. The van der Waals surface area contributed by atoms with E-state index in [1.165, 1.54) is 6.07 Å². The second-order valence-corrected chi connectivity index (χ2v) is 5.81. The summed E-state index contributed by atoms with van der Waals surface area (Å²) in [5.41, 5.74) is -0.565. The Labute approximate surface area is 126 Å². The summed E-state index contributed by atoms with van der Waals surface area (Å²) < 4.78 is 6.11. The van der Waals surface area contributed by atoms with Gasteiger partial charge in [-0.1, -0.05) is 22.9 Å². The molecule has 20 heavy (non-hydrogen) atoms. The van der Waals surface area contributed by atoms with Crippen LogP contribution >= 0.6 is 15.9 Å². The number of hydrogen-bond acceptors (Lipinski definition) is 5. The van der Waals surface area contributed by atoms with Crippen molar-refractivity contribution in [2.75, 3.05) is 19.7 Å². The summed E-state index contributed by atoms with van der Waals surface area (Å²) in [5.74, 6) is 0.190. The van der Waals surface area contributed by atoms with Crippen molar-refractivity contribution in [1.82, 2.24) is 5.32 Å². The number of hydrogen-bond donors (Lipinski definition) is 2. The first-order valence-corrected chi connectivity index (χ1v) is 7.06. The molecule has 0 amide bonds. The van der Waals surface area contributed by atoms with Gasteiger partial charge in [0.2, 0.25) is 0 Å². The third kappa shape index (κ3) is 4.73. The van der Waals surface area contributed by atoms with Crippen molar-refractivity contribution in [3.05, 3.63) is 32.3 Å². The van der Waals surface area contributed by atoms with Gasteiger partial charge in [0.1, 0.15) is 12.2 Å². The smallest absolute Gasteiger partial charge is 0.312 e. The van der Waals surface area contributed by atoms with E-state index in [0.717, 1.165) is 6.54 Å². The molecule has 0 saturated heterocycles. The van der Waals surface area contributed by atoms with Crippen LogP contribution in [0, 0.1) is 17.0 Å². The van der Waals surface area contributed by atoms with Gasteiger partial charge >= 0.3 is 5.69 Å². The van der Waals surface area contributed by atoms with Gasteiger partial charge in [-0.2, -0.15) is 0 Å². The predicted octanol–water partition coefficient (Wildman–Crippen LogP) is 2.41. The highest BCUT2D eigenvalue weighted by atomic mass is 79.9. The fraction of sp³-hybridized carbons (Fsp3) is 0.538. The van der Waals surface area contributed by atoms with Crippen molar-refractivity contribution >= 4 is 21.6 Å². The van der Waals surface area contributed by atoms with Gasteiger partial charge in [0.25, 0.3) is 0 Å². The lowest BCUT2D eigenvalue weighted by atomic mass is 10.1. The molecule has 0 heterocycles. The summed E-state index contributed by atoms with van der Waals surface area (Å²) in [6.07, 6.45) is 0. The quantitative estimate of drug-likeness (QED) is 0.584. The Balaban J connectivity index is 2.89. The molecule has 1 atom stereocenters. The monoisotopic (exact) mass is 346 g/mol. The van der Waals surface area contributed by atoms with Gasteiger partial charge in [0, 0.05) is 17.1 Å². The maximum Gasteiger partial charge on any atom is 0.312 e. The van der Waals surface area contributed by atoms with Gasteiger partial charge in [-0.25, -0.2) is 0 Å². The number of benzene rings is 1. The number of aryl methyl sites for hydroxylation is 1. The highest BCUT2D eigenvalue weighted by Gasteiger charge is 2.25.